The van der Waals surface area contributed by atoms with Gasteiger partial charge in [-0.1, -0.05) is 36.4 Å². The number of nitrogens with zero attached hydrogens (tertiary/aromatic N) is 3. The van der Waals surface area contributed by atoms with Crippen LogP contribution in [0.4, 0.5) is 4.79 Å². The summed E-state index contributed by atoms with van der Waals surface area (Å²) in [4.78, 5) is 57.3. The second-order valence-electron chi connectivity index (χ2n) is 13.5. The van der Waals surface area contributed by atoms with Crippen molar-refractivity contribution in [1.29, 1.82) is 0 Å². The van der Waals surface area contributed by atoms with E-state index < -0.39 is 57.7 Å². The van der Waals surface area contributed by atoms with Crippen molar-refractivity contribution >= 4 is 33.8 Å². The van der Waals surface area contributed by atoms with Gasteiger partial charge >= 0.3 is 6.09 Å². The van der Waals surface area contributed by atoms with E-state index in [4.69, 9.17) is 9.47 Å². The Bertz CT molecular complexity index is 1630. The van der Waals surface area contributed by atoms with Crippen LogP contribution in [0.1, 0.15) is 65.0 Å². The first-order chi connectivity index (χ1) is 22.7. The number of para-hydroxylation sites is 1. The Balaban J connectivity index is 1.40. The summed E-state index contributed by atoms with van der Waals surface area (Å²) in [6.45, 7) is 6.77. The van der Waals surface area contributed by atoms with E-state index in [0.717, 1.165) is 10.5 Å². The van der Waals surface area contributed by atoms with Gasteiger partial charge in [0.1, 0.15) is 29.5 Å². The van der Waals surface area contributed by atoms with Crippen molar-refractivity contribution in [3.8, 4) is 5.75 Å². The largest absolute Gasteiger partial charge is 0.493 e. The fourth-order valence-corrected chi connectivity index (χ4v) is 7.88. The fourth-order valence-electron chi connectivity index (χ4n) is 6.39. The molecule has 0 aliphatic carbocycles. The first kappa shape index (κ1) is 35.1. The Hall–Kier alpha value is -4.17. The summed E-state index contributed by atoms with van der Waals surface area (Å²) >= 11 is 0. The Kier molecular flexibility index (Phi) is 10.3. The average molecular weight is 684 g/mol. The zero-order valence-corrected chi connectivity index (χ0v) is 28.9. The summed E-state index contributed by atoms with van der Waals surface area (Å²) in [7, 11) is -2.62. The van der Waals surface area contributed by atoms with Crippen molar-refractivity contribution in [3.05, 3.63) is 60.2 Å². The highest BCUT2D eigenvalue weighted by Gasteiger charge is 2.47. The van der Waals surface area contributed by atoms with E-state index in [1.54, 1.807) is 39.0 Å². The van der Waals surface area contributed by atoms with Gasteiger partial charge in [-0.2, -0.15) is 4.31 Å². The van der Waals surface area contributed by atoms with Crippen LogP contribution in [-0.4, -0.2) is 103 Å². The van der Waals surface area contributed by atoms with Crippen molar-refractivity contribution in [2.75, 3.05) is 26.7 Å². The quantitative estimate of drug-likeness (QED) is 0.452. The van der Waals surface area contributed by atoms with Gasteiger partial charge in [-0.3, -0.25) is 19.3 Å². The molecule has 4 amide bonds. The van der Waals surface area contributed by atoms with Crippen LogP contribution in [0.25, 0.3) is 0 Å². The average Bonchev–Trinajstić information content (AvgIpc) is 3.47. The normalized spacial score (nSPS) is 23.8. The molecule has 260 valence electrons. The molecule has 2 aromatic carbocycles. The van der Waals surface area contributed by atoms with Gasteiger partial charge in [0.05, 0.1) is 17.5 Å². The van der Waals surface area contributed by atoms with Crippen LogP contribution in [0.5, 0.6) is 5.75 Å². The van der Waals surface area contributed by atoms with E-state index >= 15 is 0 Å². The summed E-state index contributed by atoms with van der Waals surface area (Å²) in [6.07, 6.45) is 1.04. The molecule has 0 unspecified atom stereocenters. The molecule has 14 heteroatoms. The topological polar surface area (TPSA) is 155 Å². The number of carbonyl (C=O) groups is 4. The van der Waals surface area contributed by atoms with E-state index in [9.17, 15) is 27.6 Å². The zero-order chi connectivity index (χ0) is 34.8. The maximum absolute atomic E-state index is 14.4. The maximum Gasteiger partial charge on any atom is 0.410 e. The Morgan fingerprint density at radius 1 is 0.958 bits per heavy atom. The number of fused-ring (bicyclic) bond motifs is 2. The SMILES string of the molecule is C[C@@H](C(=O)N[C@H]1CN(S(=O)(=O)c2ccccc2)CC[C@H]2CC[C@@H](C(=O)N[C@@H]3CCOc4ccccc43)N2C1=O)N(C)C(=O)OC(C)(C)C. The predicted molar refractivity (Wildman–Crippen MR) is 176 cm³/mol. The molecule has 2 saturated heterocycles. The molecule has 2 fully saturated rings. The van der Waals surface area contributed by atoms with Gasteiger partial charge in [0.2, 0.25) is 27.7 Å². The number of nitrogens with one attached hydrogen (secondary N) is 2. The van der Waals surface area contributed by atoms with Crippen molar-refractivity contribution in [2.45, 2.75) is 94.1 Å². The van der Waals surface area contributed by atoms with E-state index in [2.05, 4.69) is 10.6 Å². The monoisotopic (exact) mass is 683 g/mol. The third kappa shape index (κ3) is 7.59. The highest BCUT2D eigenvalue weighted by molar-refractivity contribution is 7.89. The summed E-state index contributed by atoms with van der Waals surface area (Å²) in [5.74, 6) is -0.841. The molecule has 5 rings (SSSR count). The lowest BCUT2D eigenvalue weighted by molar-refractivity contribution is -0.145. The number of carbonyl (C=O) groups excluding carboxylic acids is 4. The number of amides is 4. The van der Waals surface area contributed by atoms with Crippen LogP contribution >= 0.6 is 0 Å². The summed E-state index contributed by atoms with van der Waals surface area (Å²) < 4.78 is 39.9. The second-order valence-corrected chi connectivity index (χ2v) is 15.5. The zero-order valence-electron chi connectivity index (χ0n) is 28.0. The first-order valence-corrected chi connectivity index (χ1v) is 17.8. The molecule has 0 saturated carbocycles. The van der Waals surface area contributed by atoms with Crippen LogP contribution < -0.4 is 15.4 Å². The second kappa shape index (κ2) is 14.1. The van der Waals surface area contributed by atoms with Crippen LogP contribution in [0.15, 0.2) is 59.5 Å². The van der Waals surface area contributed by atoms with Crippen molar-refractivity contribution in [3.63, 3.8) is 0 Å². The van der Waals surface area contributed by atoms with Gasteiger partial charge in [-0.15, -0.1) is 0 Å². The number of likely N-dealkylation sites (N-methyl/N-ethyl adjacent to an activating group) is 1. The van der Waals surface area contributed by atoms with Crippen LogP contribution in [0, 0.1) is 0 Å². The smallest absolute Gasteiger partial charge is 0.410 e. The summed E-state index contributed by atoms with van der Waals surface area (Å²) in [6, 6.07) is 11.5. The van der Waals surface area contributed by atoms with Gasteiger partial charge in [0.25, 0.3) is 0 Å². The summed E-state index contributed by atoms with van der Waals surface area (Å²) in [5.41, 5.74) is 0.0665. The number of rotatable bonds is 7. The molecule has 5 atom stereocenters. The molecule has 0 aromatic heterocycles. The summed E-state index contributed by atoms with van der Waals surface area (Å²) in [5, 5.41) is 5.84. The van der Waals surface area contributed by atoms with Gasteiger partial charge in [-0.25, -0.2) is 13.2 Å². The van der Waals surface area contributed by atoms with Crippen LogP contribution in [0.2, 0.25) is 0 Å². The Morgan fingerprint density at radius 3 is 2.35 bits per heavy atom. The van der Waals surface area contributed by atoms with E-state index in [1.165, 1.54) is 35.3 Å². The Labute approximate surface area is 282 Å². The standard InChI is InChI=1S/C34H45N5O8S/c1-22(37(5)33(43)47-34(2,3)4)30(40)36-27-21-38(48(44,45)24-11-7-6-8-12-24)19-17-23-15-16-28(39(23)32(27)42)31(41)35-26-18-20-46-29-14-10-9-13-25(26)29/h6-14,22-23,26-28H,15-21H2,1-5H3,(H,35,41)(H,36,40)/t22-,23+,26+,27-,28-/m0/s1. The molecule has 3 heterocycles. The van der Waals surface area contributed by atoms with Gasteiger partial charge in [0.15, 0.2) is 0 Å². The van der Waals surface area contributed by atoms with Crippen molar-refractivity contribution in [2.24, 2.45) is 0 Å². The number of sulfonamides is 1. The number of benzene rings is 2. The van der Waals surface area contributed by atoms with Crippen molar-refractivity contribution < 1.29 is 37.1 Å². The van der Waals surface area contributed by atoms with Gasteiger partial charge < -0.3 is 25.0 Å². The maximum atomic E-state index is 14.4. The molecule has 0 bridgehead atoms. The van der Waals surface area contributed by atoms with Crippen LogP contribution in [-0.2, 0) is 29.1 Å². The minimum absolute atomic E-state index is 0.0680. The van der Waals surface area contributed by atoms with Gasteiger partial charge in [0, 0.05) is 38.2 Å². The van der Waals surface area contributed by atoms with Crippen molar-refractivity contribution in [1.82, 2.24) is 24.7 Å². The lowest BCUT2D eigenvalue weighted by atomic mass is 10.00. The highest BCUT2D eigenvalue weighted by Crippen LogP contribution is 2.34. The fraction of sp³-hybridized carbons (Fsp3) is 0.529. The predicted octanol–water partition coefficient (Wildman–Crippen LogP) is 2.82. The lowest BCUT2D eigenvalue weighted by Gasteiger charge is -2.39. The molecule has 2 aromatic rings. The van der Waals surface area contributed by atoms with E-state index in [-0.39, 0.29) is 29.9 Å². The highest BCUT2D eigenvalue weighted by atomic mass is 32.2. The van der Waals surface area contributed by atoms with E-state index in [0.29, 0.717) is 38.0 Å². The third-order valence-corrected chi connectivity index (χ3v) is 10.9. The van der Waals surface area contributed by atoms with Crippen LogP contribution in [0.3, 0.4) is 0 Å². The lowest BCUT2D eigenvalue weighted by Crippen LogP contribution is -2.62. The molecule has 0 radical (unpaired) electrons. The molecule has 3 aliphatic rings. The number of ether oxygens (including phenoxy) is 2. The van der Waals surface area contributed by atoms with Gasteiger partial charge in [-0.05, 0) is 65.2 Å². The minimum atomic E-state index is -4.03. The first-order valence-electron chi connectivity index (χ1n) is 16.3. The number of hydrogen-bond donors (Lipinski definition) is 2. The third-order valence-electron chi connectivity index (χ3n) is 9.07. The molecule has 13 nitrogen and oxygen atoms in total. The molecular formula is C34H45N5O8S. The molecular weight excluding hydrogens is 638 g/mol. The minimum Gasteiger partial charge on any atom is -0.493 e. The Morgan fingerprint density at radius 2 is 1.65 bits per heavy atom. The van der Waals surface area contributed by atoms with E-state index in [1.807, 2.05) is 24.3 Å². The number of hydrogen-bond acceptors (Lipinski definition) is 8. The molecule has 0 spiro atoms. The molecule has 2 N–H and O–H groups in total. The molecule has 3 aliphatic heterocycles. The molecule has 48 heavy (non-hydrogen) atoms.